The van der Waals surface area contributed by atoms with Crippen LogP contribution in [-0.2, 0) is 16.6 Å². The van der Waals surface area contributed by atoms with E-state index in [9.17, 15) is 8.42 Å². The molecule has 2 aromatic carbocycles. The summed E-state index contributed by atoms with van der Waals surface area (Å²) >= 11 is 0. The van der Waals surface area contributed by atoms with Crippen molar-refractivity contribution in [3.05, 3.63) is 58.7 Å². The van der Waals surface area contributed by atoms with Gasteiger partial charge >= 0.3 is 0 Å². The highest BCUT2D eigenvalue weighted by Crippen LogP contribution is 2.32. The summed E-state index contributed by atoms with van der Waals surface area (Å²) in [5.41, 5.74) is 3.00. The topological polar surface area (TPSA) is 70.4 Å². The molecule has 0 aliphatic carbocycles. The summed E-state index contributed by atoms with van der Waals surface area (Å²) in [6, 6.07) is 13.2. The van der Waals surface area contributed by atoms with Gasteiger partial charge in [-0.05, 0) is 49.1 Å². The molecule has 0 radical (unpaired) electrons. The van der Waals surface area contributed by atoms with E-state index in [0.717, 1.165) is 11.1 Å². The van der Waals surface area contributed by atoms with Crippen LogP contribution in [0.25, 0.3) is 0 Å². The van der Waals surface area contributed by atoms with Crippen LogP contribution in [0.5, 0.6) is 5.75 Å². The van der Waals surface area contributed by atoms with Crippen LogP contribution in [0.1, 0.15) is 28.7 Å². The molecule has 0 aromatic heterocycles. The highest BCUT2D eigenvalue weighted by molar-refractivity contribution is 7.89. The largest absolute Gasteiger partial charge is 0.496 e. The zero-order valence-electron chi connectivity index (χ0n) is 15.6. The highest BCUT2D eigenvalue weighted by atomic mass is 32.2. The Balaban J connectivity index is 2.53. The average molecular weight is 372 g/mol. The van der Waals surface area contributed by atoms with Gasteiger partial charge in [-0.2, -0.15) is 9.57 Å². The molecule has 0 spiro atoms. The minimum absolute atomic E-state index is 0.138. The molecule has 5 nitrogen and oxygen atoms in total. The molecular weight excluding hydrogens is 348 g/mol. The van der Waals surface area contributed by atoms with Gasteiger partial charge in [-0.15, -0.1) is 0 Å². The van der Waals surface area contributed by atoms with Crippen LogP contribution < -0.4 is 4.74 Å². The molecular formula is C20H24N2O3S. The van der Waals surface area contributed by atoms with Crippen molar-refractivity contribution in [1.82, 2.24) is 4.31 Å². The Labute approximate surface area is 155 Å². The van der Waals surface area contributed by atoms with Gasteiger partial charge in [-0.3, -0.25) is 0 Å². The third-order valence-electron chi connectivity index (χ3n) is 4.47. The van der Waals surface area contributed by atoms with Crippen LogP contribution in [0.4, 0.5) is 0 Å². The van der Waals surface area contributed by atoms with E-state index in [2.05, 4.69) is 0 Å². The van der Waals surface area contributed by atoms with Gasteiger partial charge in [-0.1, -0.05) is 30.3 Å². The summed E-state index contributed by atoms with van der Waals surface area (Å²) in [4.78, 5) is 0.296. The van der Waals surface area contributed by atoms with Crippen LogP contribution in [0.3, 0.4) is 0 Å². The number of ether oxygens (including phenoxy) is 1. The third kappa shape index (κ3) is 4.06. The van der Waals surface area contributed by atoms with Gasteiger partial charge < -0.3 is 4.74 Å². The summed E-state index contributed by atoms with van der Waals surface area (Å²) in [5.74, 6) is 0.672. The number of sulfonamides is 1. The van der Waals surface area contributed by atoms with Crippen molar-refractivity contribution in [2.45, 2.75) is 38.6 Å². The monoisotopic (exact) mass is 372 g/mol. The molecule has 0 amide bonds. The lowest BCUT2D eigenvalue weighted by atomic mass is 10.1. The number of hydrogen-bond donors (Lipinski definition) is 0. The van der Waals surface area contributed by atoms with E-state index in [1.165, 1.54) is 4.31 Å². The molecule has 0 saturated carbocycles. The molecule has 6 heteroatoms. The van der Waals surface area contributed by atoms with Crippen LogP contribution in [0.2, 0.25) is 0 Å². The molecule has 26 heavy (non-hydrogen) atoms. The van der Waals surface area contributed by atoms with Gasteiger partial charge in [0.1, 0.15) is 5.75 Å². The lowest BCUT2D eigenvalue weighted by Gasteiger charge is -2.25. The summed E-state index contributed by atoms with van der Waals surface area (Å²) in [6.07, 6.45) is 0.138. The van der Waals surface area contributed by atoms with E-state index in [0.29, 0.717) is 21.8 Å². The van der Waals surface area contributed by atoms with Crippen LogP contribution in [0.15, 0.2) is 41.3 Å². The quantitative estimate of drug-likeness (QED) is 0.742. The lowest BCUT2D eigenvalue weighted by molar-refractivity contribution is 0.406. The Morgan fingerprint density at radius 3 is 2.35 bits per heavy atom. The first-order chi connectivity index (χ1) is 12.3. The first-order valence-electron chi connectivity index (χ1n) is 8.38. The summed E-state index contributed by atoms with van der Waals surface area (Å²) < 4.78 is 33.5. The van der Waals surface area contributed by atoms with E-state index >= 15 is 0 Å². The molecule has 0 fully saturated rings. The average Bonchev–Trinajstić information content (AvgIpc) is 2.62. The van der Waals surface area contributed by atoms with E-state index in [1.807, 2.05) is 43.3 Å². The fraction of sp³-hybridized carbons (Fsp3) is 0.350. The number of nitriles is 1. The van der Waals surface area contributed by atoms with Crippen molar-refractivity contribution in [2.24, 2.45) is 0 Å². The van der Waals surface area contributed by atoms with Crippen LogP contribution in [-0.4, -0.2) is 26.4 Å². The Bertz CT molecular complexity index is 916. The Kier molecular flexibility index (Phi) is 6.41. The predicted molar refractivity (Wildman–Crippen MR) is 101 cm³/mol. The fourth-order valence-electron chi connectivity index (χ4n) is 3.01. The van der Waals surface area contributed by atoms with Gasteiger partial charge in [0.25, 0.3) is 0 Å². The second-order valence-electron chi connectivity index (χ2n) is 6.21. The highest BCUT2D eigenvalue weighted by Gasteiger charge is 2.29. The third-order valence-corrected chi connectivity index (χ3v) is 6.61. The first kappa shape index (κ1) is 20.0. The van der Waals surface area contributed by atoms with Gasteiger partial charge in [0, 0.05) is 19.5 Å². The number of hydrogen-bond acceptors (Lipinski definition) is 4. The maximum atomic E-state index is 13.4. The maximum absolute atomic E-state index is 13.4. The standard InChI is InChI=1S/C20H24N2O3S/c1-15-13-19(25-4)16(2)17(3)20(15)26(23,24)22(12-8-11-21)14-18-9-6-5-7-10-18/h5-7,9-10,13H,8,12,14H2,1-4H3. The molecule has 0 bridgehead atoms. The number of aryl methyl sites for hydroxylation is 1. The molecule has 0 atom stereocenters. The zero-order valence-corrected chi connectivity index (χ0v) is 16.4. The van der Waals surface area contributed by atoms with Crippen molar-refractivity contribution >= 4 is 10.0 Å². The molecule has 0 N–H and O–H groups in total. The number of rotatable bonds is 7. The van der Waals surface area contributed by atoms with E-state index in [-0.39, 0.29) is 19.5 Å². The van der Waals surface area contributed by atoms with E-state index < -0.39 is 10.0 Å². The van der Waals surface area contributed by atoms with Crippen LogP contribution in [0, 0.1) is 32.1 Å². The van der Waals surface area contributed by atoms with Crippen molar-refractivity contribution in [1.29, 1.82) is 5.26 Å². The first-order valence-corrected chi connectivity index (χ1v) is 9.82. The van der Waals surface area contributed by atoms with Gasteiger partial charge in [0.15, 0.2) is 0 Å². The number of nitrogens with zero attached hydrogens (tertiary/aromatic N) is 2. The second kappa shape index (κ2) is 8.35. The normalized spacial score (nSPS) is 11.4. The summed E-state index contributed by atoms with van der Waals surface area (Å²) in [7, 11) is -2.18. The molecule has 0 saturated heterocycles. The molecule has 0 aliphatic heterocycles. The molecule has 0 aliphatic rings. The molecule has 2 rings (SSSR count). The van der Waals surface area contributed by atoms with E-state index in [1.54, 1.807) is 27.0 Å². The summed E-state index contributed by atoms with van der Waals surface area (Å²) in [5, 5.41) is 8.95. The van der Waals surface area contributed by atoms with E-state index in [4.69, 9.17) is 10.00 Å². The lowest BCUT2D eigenvalue weighted by Crippen LogP contribution is -2.32. The smallest absolute Gasteiger partial charge is 0.243 e. The zero-order chi connectivity index (χ0) is 19.3. The van der Waals surface area contributed by atoms with Crippen molar-refractivity contribution in [3.63, 3.8) is 0 Å². The van der Waals surface area contributed by atoms with Crippen molar-refractivity contribution < 1.29 is 13.2 Å². The number of benzene rings is 2. The Hall–Kier alpha value is -2.36. The summed E-state index contributed by atoms with van der Waals surface area (Å²) in [6.45, 7) is 5.80. The molecule has 138 valence electrons. The molecule has 2 aromatic rings. The van der Waals surface area contributed by atoms with Gasteiger partial charge in [-0.25, -0.2) is 8.42 Å². The van der Waals surface area contributed by atoms with Crippen molar-refractivity contribution in [3.8, 4) is 11.8 Å². The second-order valence-corrected chi connectivity index (χ2v) is 8.08. The predicted octanol–water partition coefficient (Wildman–Crippen LogP) is 3.73. The van der Waals surface area contributed by atoms with Gasteiger partial charge in [0.05, 0.1) is 18.1 Å². The Morgan fingerprint density at radius 2 is 1.77 bits per heavy atom. The Morgan fingerprint density at radius 1 is 1.12 bits per heavy atom. The van der Waals surface area contributed by atoms with Crippen molar-refractivity contribution in [2.75, 3.05) is 13.7 Å². The SMILES string of the molecule is COc1cc(C)c(S(=O)(=O)N(CCC#N)Cc2ccccc2)c(C)c1C. The minimum atomic E-state index is -3.75. The fourth-order valence-corrected chi connectivity index (χ4v) is 4.92. The van der Waals surface area contributed by atoms with Gasteiger partial charge in [0.2, 0.25) is 10.0 Å². The molecule has 0 heterocycles. The minimum Gasteiger partial charge on any atom is -0.496 e. The molecule has 0 unspecified atom stereocenters. The number of methoxy groups -OCH3 is 1. The maximum Gasteiger partial charge on any atom is 0.243 e. The van der Waals surface area contributed by atoms with Crippen LogP contribution >= 0.6 is 0 Å².